The van der Waals surface area contributed by atoms with Gasteiger partial charge in [0.25, 0.3) is 11.1 Å². The van der Waals surface area contributed by atoms with Crippen LogP contribution in [0.15, 0.2) is 51.8 Å². The van der Waals surface area contributed by atoms with Gasteiger partial charge >= 0.3 is 0 Å². The van der Waals surface area contributed by atoms with Crippen molar-refractivity contribution in [2.45, 2.75) is 26.3 Å². The Morgan fingerprint density at radius 3 is 2.46 bits per heavy atom. The molecule has 4 nitrogen and oxygen atoms in total. The number of aryl methyl sites for hydroxylation is 1. The first-order chi connectivity index (χ1) is 13.5. The first kappa shape index (κ1) is 19.3. The summed E-state index contributed by atoms with van der Waals surface area (Å²) in [6.07, 6.45) is 4.31. The molecule has 0 radical (unpaired) electrons. The van der Waals surface area contributed by atoms with E-state index in [1.54, 1.807) is 0 Å². The molecule has 2 aromatic rings. The van der Waals surface area contributed by atoms with Gasteiger partial charge in [-0.3, -0.25) is 14.5 Å². The lowest BCUT2D eigenvalue weighted by atomic mass is 10.1. The van der Waals surface area contributed by atoms with Crippen molar-refractivity contribution in [2.75, 3.05) is 18.0 Å². The number of carbonyl (C=O) groups excluding carboxylic acids is 2. The van der Waals surface area contributed by atoms with Crippen molar-refractivity contribution in [3.63, 3.8) is 0 Å². The number of thioether (sulfide) groups is 1. The van der Waals surface area contributed by atoms with E-state index in [2.05, 4.69) is 39.9 Å². The van der Waals surface area contributed by atoms with Crippen LogP contribution in [0.5, 0.6) is 0 Å². The third-order valence-corrected chi connectivity index (χ3v) is 6.53. The number of halogens is 1. The number of amides is 2. The zero-order valence-corrected chi connectivity index (χ0v) is 18.1. The second-order valence-corrected chi connectivity index (χ2v) is 9.04. The second kappa shape index (κ2) is 8.13. The third-order valence-electron chi connectivity index (χ3n) is 5.09. The molecule has 0 aliphatic carbocycles. The Morgan fingerprint density at radius 2 is 1.79 bits per heavy atom. The SMILES string of the molecule is Cc1cc(/C=C2/SC(=O)N(Cc3ccc(Br)cc3)C2=O)ccc1N1CCCC1. The number of imide groups is 1. The number of benzene rings is 2. The first-order valence-electron chi connectivity index (χ1n) is 9.37. The normalized spacial score (nSPS) is 18.6. The Morgan fingerprint density at radius 1 is 1.07 bits per heavy atom. The van der Waals surface area contributed by atoms with Crippen LogP contribution in [0, 0.1) is 6.92 Å². The van der Waals surface area contributed by atoms with Crippen LogP contribution in [0.25, 0.3) is 6.08 Å². The summed E-state index contributed by atoms with van der Waals surface area (Å²) in [5.74, 6) is -0.223. The Hall–Kier alpha value is -2.05. The van der Waals surface area contributed by atoms with Crippen LogP contribution in [-0.2, 0) is 11.3 Å². The van der Waals surface area contributed by atoms with Crippen molar-refractivity contribution in [2.24, 2.45) is 0 Å². The molecule has 2 aliphatic rings. The van der Waals surface area contributed by atoms with E-state index in [1.807, 2.05) is 36.4 Å². The highest BCUT2D eigenvalue weighted by atomic mass is 79.9. The maximum Gasteiger partial charge on any atom is 0.293 e. The van der Waals surface area contributed by atoms with Gasteiger partial charge in [-0.15, -0.1) is 0 Å². The molecule has 144 valence electrons. The largest absolute Gasteiger partial charge is 0.371 e. The molecule has 0 spiro atoms. The molecule has 0 saturated carbocycles. The van der Waals surface area contributed by atoms with E-state index >= 15 is 0 Å². The topological polar surface area (TPSA) is 40.6 Å². The number of nitrogens with zero attached hydrogens (tertiary/aromatic N) is 2. The Labute approximate surface area is 177 Å². The average molecular weight is 457 g/mol. The fraction of sp³-hybridized carbons (Fsp3) is 0.273. The minimum atomic E-state index is -0.223. The van der Waals surface area contributed by atoms with Crippen molar-refractivity contribution in [1.82, 2.24) is 4.90 Å². The van der Waals surface area contributed by atoms with E-state index in [0.717, 1.165) is 40.5 Å². The number of hydrogen-bond donors (Lipinski definition) is 0. The number of rotatable bonds is 4. The monoisotopic (exact) mass is 456 g/mol. The highest BCUT2D eigenvalue weighted by Crippen LogP contribution is 2.34. The highest BCUT2D eigenvalue weighted by Gasteiger charge is 2.35. The molecule has 2 aliphatic heterocycles. The quantitative estimate of drug-likeness (QED) is 0.561. The van der Waals surface area contributed by atoms with E-state index in [9.17, 15) is 9.59 Å². The summed E-state index contributed by atoms with van der Waals surface area (Å²) < 4.78 is 0.970. The summed E-state index contributed by atoms with van der Waals surface area (Å²) in [6, 6.07) is 13.9. The Kier molecular flexibility index (Phi) is 5.60. The van der Waals surface area contributed by atoms with Gasteiger partial charge in [0.1, 0.15) is 0 Å². The lowest BCUT2D eigenvalue weighted by molar-refractivity contribution is -0.123. The molecule has 28 heavy (non-hydrogen) atoms. The van der Waals surface area contributed by atoms with Crippen molar-refractivity contribution in [1.29, 1.82) is 0 Å². The van der Waals surface area contributed by atoms with Crippen LogP contribution in [0.2, 0.25) is 0 Å². The maximum atomic E-state index is 12.8. The molecule has 0 aromatic heterocycles. The Balaban J connectivity index is 1.52. The molecule has 0 N–H and O–H groups in total. The first-order valence-corrected chi connectivity index (χ1v) is 11.0. The fourth-order valence-corrected chi connectivity index (χ4v) is 4.74. The standard InChI is InChI=1S/C22H21BrN2O2S/c1-15-12-17(6-9-19(15)24-10-2-3-11-24)13-20-21(26)25(22(27)28-20)14-16-4-7-18(23)8-5-16/h4-9,12-13H,2-3,10-11,14H2,1H3/b20-13+. The van der Waals surface area contributed by atoms with Crippen LogP contribution >= 0.6 is 27.7 Å². The lowest BCUT2D eigenvalue weighted by Crippen LogP contribution is -2.27. The summed E-state index contributed by atoms with van der Waals surface area (Å²) in [5, 5.41) is -0.218. The summed E-state index contributed by atoms with van der Waals surface area (Å²) >= 11 is 4.41. The fourth-order valence-electron chi connectivity index (χ4n) is 3.64. The molecule has 2 saturated heterocycles. The Bertz CT molecular complexity index is 950. The van der Waals surface area contributed by atoms with Crippen LogP contribution in [0.1, 0.15) is 29.5 Å². The van der Waals surface area contributed by atoms with Gasteiger partial charge in [0.05, 0.1) is 11.4 Å². The van der Waals surface area contributed by atoms with Gasteiger partial charge < -0.3 is 4.90 Å². The molecule has 2 heterocycles. The zero-order chi connectivity index (χ0) is 19.7. The summed E-state index contributed by atoms with van der Waals surface area (Å²) in [7, 11) is 0. The van der Waals surface area contributed by atoms with Gasteiger partial charge in [-0.1, -0.05) is 34.1 Å². The van der Waals surface area contributed by atoms with Crippen molar-refractivity contribution in [3.8, 4) is 0 Å². The van der Waals surface area contributed by atoms with Gasteiger partial charge in [-0.05, 0) is 78.6 Å². The van der Waals surface area contributed by atoms with E-state index in [1.165, 1.54) is 29.0 Å². The van der Waals surface area contributed by atoms with Gasteiger partial charge in [-0.25, -0.2) is 0 Å². The van der Waals surface area contributed by atoms with Crippen LogP contribution in [0.3, 0.4) is 0 Å². The molecule has 4 rings (SSSR count). The third kappa shape index (κ3) is 4.03. The lowest BCUT2D eigenvalue weighted by Gasteiger charge is -2.20. The van der Waals surface area contributed by atoms with Crippen molar-refractivity contribution >= 4 is 50.6 Å². The van der Waals surface area contributed by atoms with E-state index < -0.39 is 0 Å². The summed E-state index contributed by atoms with van der Waals surface area (Å²) in [6.45, 7) is 4.61. The number of anilines is 1. The van der Waals surface area contributed by atoms with Gasteiger partial charge in [0.15, 0.2) is 0 Å². The number of carbonyl (C=O) groups is 2. The van der Waals surface area contributed by atoms with E-state index in [4.69, 9.17) is 0 Å². The molecule has 0 unspecified atom stereocenters. The summed E-state index contributed by atoms with van der Waals surface area (Å²) in [4.78, 5) is 29.3. The maximum absolute atomic E-state index is 12.8. The van der Waals surface area contributed by atoms with Gasteiger partial charge in [0.2, 0.25) is 0 Å². The molecule has 0 atom stereocenters. The van der Waals surface area contributed by atoms with Crippen LogP contribution in [0.4, 0.5) is 10.5 Å². The number of hydrogen-bond acceptors (Lipinski definition) is 4. The molecular weight excluding hydrogens is 436 g/mol. The van der Waals surface area contributed by atoms with Crippen LogP contribution < -0.4 is 4.90 Å². The van der Waals surface area contributed by atoms with Gasteiger partial charge in [-0.2, -0.15) is 0 Å². The summed E-state index contributed by atoms with van der Waals surface area (Å²) in [5.41, 5.74) is 4.34. The molecule has 2 aromatic carbocycles. The molecular formula is C22H21BrN2O2S. The minimum absolute atomic E-state index is 0.218. The predicted octanol–water partition coefficient (Wildman–Crippen LogP) is 5.59. The minimum Gasteiger partial charge on any atom is -0.371 e. The molecule has 2 amide bonds. The predicted molar refractivity (Wildman–Crippen MR) is 118 cm³/mol. The van der Waals surface area contributed by atoms with Crippen molar-refractivity contribution < 1.29 is 9.59 Å². The second-order valence-electron chi connectivity index (χ2n) is 7.13. The smallest absolute Gasteiger partial charge is 0.293 e. The highest BCUT2D eigenvalue weighted by molar-refractivity contribution is 9.10. The molecule has 2 fully saturated rings. The van der Waals surface area contributed by atoms with Crippen molar-refractivity contribution in [3.05, 3.63) is 68.5 Å². The van der Waals surface area contributed by atoms with Gasteiger partial charge in [0, 0.05) is 23.2 Å². The zero-order valence-electron chi connectivity index (χ0n) is 15.7. The van der Waals surface area contributed by atoms with E-state index in [0.29, 0.717) is 11.4 Å². The molecule has 6 heteroatoms. The van der Waals surface area contributed by atoms with Crippen LogP contribution in [-0.4, -0.2) is 29.1 Å². The van der Waals surface area contributed by atoms with E-state index in [-0.39, 0.29) is 11.1 Å². The average Bonchev–Trinajstić information content (AvgIpc) is 3.28. The molecule has 0 bridgehead atoms.